The predicted octanol–water partition coefficient (Wildman–Crippen LogP) is 2.11. The van der Waals surface area contributed by atoms with Gasteiger partial charge in [0.25, 0.3) is 0 Å². The van der Waals surface area contributed by atoms with E-state index in [-0.39, 0.29) is 0 Å². The maximum Gasteiger partial charge on any atom is 0.138 e. The molecule has 0 aliphatic carbocycles. The van der Waals surface area contributed by atoms with Gasteiger partial charge in [-0.25, -0.2) is 4.99 Å². The smallest absolute Gasteiger partial charge is 0.138 e. The van der Waals surface area contributed by atoms with Crippen molar-refractivity contribution in [2.24, 2.45) is 4.99 Å². The summed E-state index contributed by atoms with van der Waals surface area (Å²) in [5.74, 6) is 1.14. The summed E-state index contributed by atoms with van der Waals surface area (Å²) in [5, 5.41) is 2.38. The molecule has 4 heteroatoms. The van der Waals surface area contributed by atoms with Crippen LogP contribution in [0, 0.1) is 0 Å². The first-order chi connectivity index (χ1) is 10.4. The summed E-state index contributed by atoms with van der Waals surface area (Å²) >= 11 is 1.82. The SMILES string of the molecule is c1ccc2c(c1)N=C(N1CC[NH2+]CC1)c1ccccc1S2. The fourth-order valence-electron chi connectivity index (χ4n) is 2.87. The Morgan fingerprint density at radius 3 is 2.48 bits per heavy atom. The number of nitrogens with zero attached hydrogens (tertiary/aromatic N) is 2. The minimum absolute atomic E-state index is 1.07. The summed E-state index contributed by atoms with van der Waals surface area (Å²) in [6.07, 6.45) is 0. The molecular weight excluding hydrogens is 278 g/mol. The van der Waals surface area contributed by atoms with Gasteiger partial charge in [-0.1, -0.05) is 42.1 Å². The van der Waals surface area contributed by atoms with E-state index >= 15 is 0 Å². The number of quaternary nitrogens is 1. The molecule has 2 heterocycles. The van der Waals surface area contributed by atoms with E-state index in [1.165, 1.54) is 15.4 Å². The van der Waals surface area contributed by atoms with Crippen molar-refractivity contribution in [3.8, 4) is 0 Å². The molecule has 1 saturated heterocycles. The molecule has 2 aliphatic heterocycles. The van der Waals surface area contributed by atoms with E-state index in [9.17, 15) is 0 Å². The van der Waals surface area contributed by atoms with Crippen LogP contribution >= 0.6 is 11.8 Å². The van der Waals surface area contributed by atoms with Crippen molar-refractivity contribution in [1.29, 1.82) is 0 Å². The van der Waals surface area contributed by atoms with Gasteiger partial charge in [-0.3, -0.25) is 0 Å². The molecule has 2 aromatic rings. The molecule has 0 saturated carbocycles. The van der Waals surface area contributed by atoms with Crippen molar-refractivity contribution >= 4 is 23.3 Å². The highest BCUT2D eigenvalue weighted by atomic mass is 32.2. The maximum absolute atomic E-state index is 5.01. The Morgan fingerprint density at radius 1 is 0.905 bits per heavy atom. The Labute approximate surface area is 129 Å². The Balaban J connectivity index is 1.87. The zero-order valence-electron chi connectivity index (χ0n) is 11.8. The largest absolute Gasteiger partial charge is 0.345 e. The molecule has 2 aliphatic rings. The van der Waals surface area contributed by atoms with Crippen LogP contribution in [0.15, 0.2) is 63.3 Å². The Bertz CT molecular complexity index is 690. The zero-order chi connectivity index (χ0) is 14.1. The van der Waals surface area contributed by atoms with E-state index in [4.69, 9.17) is 4.99 Å². The number of para-hydroxylation sites is 1. The van der Waals surface area contributed by atoms with Crippen molar-refractivity contribution in [1.82, 2.24) is 4.90 Å². The number of fused-ring (bicyclic) bond motifs is 2. The molecule has 2 aromatic carbocycles. The van der Waals surface area contributed by atoms with Crippen LogP contribution in [0.4, 0.5) is 5.69 Å². The monoisotopic (exact) mass is 296 g/mol. The molecule has 2 N–H and O–H groups in total. The normalized spacial score (nSPS) is 17.5. The van der Waals surface area contributed by atoms with Crippen molar-refractivity contribution in [2.75, 3.05) is 26.2 Å². The quantitative estimate of drug-likeness (QED) is 0.807. The summed E-state index contributed by atoms with van der Waals surface area (Å²) in [4.78, 5) is 9.99. The molecule has 4 rings (SSSR count). The van der Waals surface area contributed by atoms with Gasteiger partial charge < -0.3 is 10.2 Å². The molecule has 0 aromatic heterocycles. The van der Waals surface area contributed by atoms with Crippen LogP contribution in [0.5, 0.6) is 0 Å². The van der Waals surface area contributed by atoms with Crippen LogP contribution < -0.4 is 5.32 Å². The van der Waals surface area contributed by atoms with Crippen molar-refractivity contribution < 1.29 is 5.32 Å². The number of hydrogen-bond donors (Lipinski definition) is 1. The van der Waals surface area contributed by atoms with Gasteiger partial charge in [0.1, 0.15) is 5.84 Å². The minimum Gasteiger partial charge on any atom is -0.345 e. The van der Waals surface area contributed by atoms with Gasteiger partial charge in [0, 0.05) is 15.4 Å². The van der Waals surface area contributed by atoms with Crippen LogP contribution in [-0.4, -0.2) is 36.9 Å². The highest BCUT2D eigenvalue weighted by Gasteiger charge is 2.23. The molecule has 3 nitrogen and oxygen atoms in total. The van der Waals surface area contributed by atoms with Gasteiger partial charge in [-0.05, 0) is 18.2 Å². The summed E-state index contributed by atoms with van der Waals surface area (Å²) in [5.41, 5.74) is 2.35. The molecule has 0 amide bonds. The van der Waals surface area contributed by atoms with Crippen molar-refractivity contribution in [2.45, 2.75) is 9.79 Å². The van der Waals surface area contributed by atoms with E-state index in [0.717, 1.165) is 37.7 Å². The van der Waals surface area contributed by atoms with E-state index < -0.39 is 0 Å². The molecule has 0 bridgehead atoms. The summed E-state index contributed by atoms with van der Waals surface area (Å²) in [7, 11) is 0. The second kappa shape index (κ2) is 5.54. The first-order valence-electron chi connectivity index (χ1n) is 7.43. The van der Waals surface area contributed by atoms with E-state index in [0.29, 0.717) is 0 Å². The number of nitrogens with two attached hydrogens (primary N) is 1. The average Bonchev–Trinajstić information content (AvgIpc) is 2.72. The first kappa shape index (κ1) is 12.9. The second-order valence-corrected chi connectivity index (χ2v) is 6.44. The Hall–Kier alpha value is -1.78. The average molecular weight is 296 g/mol. The van der Waals surface area contributed by atoms with Crippen LogP contribution in [0.1, 0.15) is 5.56 Å². The fraction of sp³-hybridized carbons (Fsp3) is 0.235. The Morgan fingerprint density at radius 2 is 1.62 bits per heavy atom. The lowest BCUT2D eigenvalue weighted by Gasteiger charge is -2.28. The molecule has 1 fully saturated rings. The van der Waals surface area contributed by atoms with Gasteiger partial charge in [-0.15, -0.1) is 0 Å². The zero-order valence-corrected chi connectivity index (χ0v) is 12.6. The highest BCUT2D eigenvalue weighted by Crippen LogP contribution is 2.40. The molecule has 106 valence electrons. The van der Waals surface area contributed by atoms with Crippen LogP contribution in [0.3, 0.4) is 0 Å². The van der Waals surface area contributed by atoms with E-state index in [2.05, 4.69) is 58.7 Å². The number of aliphatic imine (C=N–C) groups is 1. The minimum atomic E-state index is 1.07. The topological polar surface area (TPSA) is 32.2 Å². The number of hydrogen-bond acceptors (Lipinski definition) is 3. The van der Waals surface area contributed by atoms with Crippen molar-refractivity contribution in [3.63, 3.8) is 0 Å². The summed E-state index contributed by atoms with van der Waals surface area (Å²) < 4.78 is 0. The number of benzene rings is 2. The number of amidine groups is 1. The highest BCUT2D eigenvalue weighted by molar-refractivity contribution is 7.99. The maximum atomic E-state index is 5.01. The summed E-state index contributed by atoms with van der Waals surface area (Å²) in [6, 6.07) is 17.1. The fourth-order valence-corrected chi connectivity index (χ4v) is 3.89. The van der Waals surface area contributed by atoms with Gasteiger partial charge in [0.15, 0.2) is 0 Å². The van der Waals surface area contributed by atoms with Crippen LogP contribution in [-0.2, 0) is 0 Å². The predicted molar refractivity (Wildman–Crippen MR) is 86.4 cm³/mol. The molecular formula is C17H18N3S+. The molecule has 0 spiro atoms. The second-order valence-electron chi connectivity index (χ2n) is 5.35. The molecule has 0 radical (unpaired) electrons. The standard InChI is InChI=1S/C17H17N3S/c1-3-7-15-13(5-1)17(20-11-9-18-10-12-20)19-14-6-2-4-8-16(14)21-15/h1-8,18H,9-12H2/p+1. The lowest BCUT2D eigenvalue weighted by atomic mass is 10.1. The lowest BCUT2D eigenvalue weighted by molar-refractivity contribution is -0.661. The van der Waals surface area contributed by atoms with Gasteiger partial charge >= 0.3 is 0 Å². The summed E-state index contributed by atoms with van der Waals surface area (Å²) in [6.45, 7) is 4.44. The van der Waals surface area contributed by atoms with Gasteiger partial charge in [0.2, 0.25) is 0 Å². The van der Waals surface area contributed by atoms with Crippen LogP contribution in [0.25, 0.3) is 0 Å². The first-order valence-corrected chi connectivity index (χ1v) is 8.25. The number of piperazine rings is 1. The Kier molecular flexibility index (Phi) is 3.41. The van der Waals surface area contributed by atoms with Gasteiger partial charge in [0.05, 0.1) is 31.9 Å². The molecule has 0 atom stereocenters. The number of rotatable bonds is 0. The van der Waals surface area contributed by atoms with E-state index in [1.807, 2.05) is 11.8 Å². The third-order valence-electron chi connectivity index (χ3n) is 3.95. The third-order valence-corrected chi connectivity index (χ3v) is 5.09. The third kappa shape index (κ3) is 2.45. The van der Waals surface area contributed by atoms with Crippen molar-refractivity contribution in [3.05, 3.63) is 54.1 Å². The lowest BCUT2D eigenvalue weighted by Crippen LogP contribution is -2.89. The molecule has 0 unspecified atom stereocenters. The van der Waals surface area contributed by atoms with Gasteiger partial charge in [-0.2, -0.15) is 0 Å². The molecule has 21 heavy (non-hydrogen) atoms. The van der Waals surface area contributed by atoms with E-state index in [1.54, 1.807) is 0 Å². The van der Waals surface area contributed by atoms with Crippen LogP contribution in [0.2, 0.25) is 0 Å².